The van der Waals surface area contributed by atoms with Crippen molar-refractivity contribution in [3.63, 3.8) is 0 Å². The van der Waals surface area contributed by atoms with Crippen molar-refractivity contribution < 1.29 is 47.9 Å². The molecular weight excluding hydrogens is 84.0 g/mol. The van der Waals surface area contributed by atoms with Crippen molar-refractivity contribution in [3.8, 4) is 0 Å². The van der Waals surface area contributed by atoms with Gasteiger partial charge in [0, 0.05) is 37.7 Å². The van der Waals surface area contributed by atoms with Crippen LogP contribution in [0.5, 0.6) is 0 Å². The molecule has 0 aromatic rings. The zero-order valence-electron chi connectivity index (χ0n) is 1.71. The average molecular weight is 85.0 g/mol. The summed E-state index contributed by atoms with van der Waals surface area (Å²) in [5.74, 6) is 0. The predicted octanol–water partition coefficient (Wildman–Crippen LogP) is -0.214. The van der Waals surface area contributed by atoms with Crippen molar-refractivity contribution in [1.82, 2.24) is 0 Å². The van der Waals surface area contributed by atoms with E-state index in [-0.39, 0.29) is 43.2 Å². The maximum atomic E-state index is 7.50. The van der Waals surface area contributed by atoms with Crippen LogP contribution in [-0.2, 0) is 4.65 Å². The van der Waals surface area contributed by atoms with E-state index >= 15 is 0 Å². The zero-order valence-corrected chi connectivity index (χ0v) is 2.42. The Hall–Kier alpha value is 0.960. The van der Waals surface area contributed by atoms with Gasteiger partial charge in [-0.15, -0.1) is 0 Å². The molecule has 0 aromatic heterocycles. The van der Waals surface area contributed by atoms with Gasteiger partial charge < -0.3 is 0 Å². The Morgan fingerprint density at radius 2 is 1.25 bits per heavy atom. The molecule has 0 aliphatic carbocycles. The fourth-order valence-corrected chi connectivity index (χ4v) is 0. The molecule has 0 atom stereocenters. The smallest absolute Gasteiger partial charge is 0.255 e. The molecule has 0 bridgehead atoms. The third-order valence-electron chi connectivity index (χ3n) is 0. The van der Waals surface area contributed by atoms with Crippen LogP contribution in [0.3, 0.4) is 0 Å². The van der Waals surface area contributed by atoms with Gasteiger partial charge in [-0.25, -0.2) is 0 Å². The molecule has 1 N–H and O–H groups in total. The van der Waals surface area contributed by atoms with E-state index in [4.69, 9.17) is 4.65 Å². The van der Waals surface area contributed by atoms with Crippen LogP contribution in [0.1, 0.15) is 0 Å². The van der Waals surface area contributed by atoms with E-state index in [1.54, 1.807) is 0 Å². The van der Waals surface area contributed by atoms with E-state index in [0.717, 1.165) is 0 Å². The van der Waals surface area contributed by atoms with Gasteiger partial charge in [-0.05, 0) is 0 Å². The molecule has 0 rings (SSSR count). The summed E-state index contributed by atoms with van der Waals surface area (Å²) in [5.41, 5.74) is 0. The van der Waals surface area contributed by atoms with E-state index in [1.807, 2.05) is 0 Å². The van der Waals surface area contributed by atoms with E-state index in [2.05, 4.69) is 6.65 Å². The molecule has 0 fully saturated rings. The summed E-state index contributed by atoms with van der Waals surface area (Å²) in [4.78, 5) is 0. The molecule has 0 aromatic carbocycles. The standard InChI is InChI=1S/CO.Ar.HO/c1-2;;/h;;1H. The van der Waals surface area contributed by atoms with E-state index < -0.39 is 0 Å². The van der Waals surface area contributed by atoms with Crippen LogP contribution >= 0.6 is 0 Å². The Bertz CT molecular complexity index is 10.8. The summed E-state index contributed by atoms with van der Waals surface area (Å²) < 4.78 is 7.50. The molecule has 0 unspecified atom stereocenters. The van der Waals surface area contributed by atoms with Crippen molar-refractivity contribution in [2.24, 2.45) is 0 Å². The van der Waals surface area contributed by atoms with Gasteiger partial charge in [-0.1, -0.05) is 0 Å². The number of hydrogen-bond acceptors (Lipinski definition) is 0. The normalized spacial score (nSPS) is 0.500. The van der Waals surface area contributed by atoms with Gasteiger partial charge in [-0.2, -0.15) is 0 Å². The van der Waals surface area contributed by atoms with Crippen molar-refractivity contribution in [2.45, 2.75) is 0 Å². The van der Waals surface area contributed by atoms with Crippen LogP contribution in [0.4, 0.5) is 0 Å². The van der Waals surface area contributed by atoms with Crippen molar-refractivity contribution >= 4 is 0 Å². The molecule has 3 heteroatoms. The third-order valence-corrected chi connectivity index (χ3v) is 0. The first kappa shape index (κ1) is 20.2. The molecule has 4 heavy (non-hydrogen) atoms. The minimum absolute atomic E-state index is 0. The fourth-order valence-electron chi connectivity index (χ4n) is 0. The minimum Gasteiger partial charge on any atom is -0.255 e. The summed E-state index contributed by atoms with van der Waals surface area (Å²) in [6.07, 6.45) is 0. The van der Waals surface area contributed by atoms with Gasteiger partial charge in [0.2, 0.25) is 0 Å². The zero-order chi connectivity index (χ0) is 2.00. The predicted molar refractivity (Wildman–Crippen MR) is 5.87 cm³/mol. The van der Waals surface area contributed by atoms with Gasteiger partial charge in [-0.3, -0.25) is 5.48 Å². The van der Waals surface area contributed by atoms with E-state index in [1.165, 1.54) is 0 Å². The topological polar surface area (TPSA) is 49.9 Å². The van der Waals surface area contributed by atoms with Crippen molar-refractivity contribution in [3.05, 3.63) is 6.65 Å². The Balaban J connectivity index is -0.00000000500. The Morgan fingerprint density at radius 1 is 1.25 bits per heavy atom. The number of rotatable bonds is 0. The second kappa shape index (κ2) is 37.7. The largest absolute Gasteiger partial charge is 0.255 e. The maximum Gasteiger partial charge on any atom is -0.255 e. The fraction of sp³-hybridized carbons (Fsp3) is 0. The van der Waals surface area contributed by atoms with Crippen molar-refractivity contribution in [2.75, 3.05) is 0 Å². The summed E-state index contributed by atoms with van der Waals surface area (Å²) >= 11 is 0. The van der Waals surface area contributed by atoms with E-state index in [0.29, 0.717) is 0 Å². The molecule has 1 radical (unpaired) electrons. The van der Waals surface area contributed by atoms with Crippen LogP contribution in [-0.4, -0.2) is 5.48 Å². The summed E-state index contributed by atoms with van der Waals surface area (Å²) in [6.45, 7) is 4.50. The summed E-state index contributed by atoms with van der Waals surface area (Å²) in [5, 5.41) is 0. The second-order valence-electron chi connectivity index (χ2n) is 0. The Labute approximate surface area is 54.2 Å². The van der Waals surface area contributed by atoms with Crippen LogP contribution in [0.25, 0.3) is 0 Å². The molecule has 0 heterocycles. The van der Waals surface area contributed by atoms with Crippen LogP contribution < -0.4 is 0 Å². The average Bonchev–Trinajstić information content (AvgIpc) is 1.00. The summed E-state index contributed by atoms with van der Waals surface area (Å²) in [6, 6.07) is 0. The monoisotopic (exact) mass is 85.0 g/mol. The SMILES string of the molecule is [Ar].[C-]#[O+].[OH]. The molecule has 0 spiro atoms. The van der Waals surface area contributed by atoms with Gasteiger partial charge in [0.1, 0.15) is 0 Å². The van der Waals surface area contributed by atoms with Gasteiger partial charge >= 0.3 is 11.3 Å². The van der Waals surface area contributed by atoms with Crippen molar-refractivity contribution in [1.29, 1.82) is 0 Å². The van der Waals surface area contributed by atoms with Crippen LogP contribution in [0, 0.1) is 44.4 Å². The first-order valence-electron chi connectivity index (χ1n) is 0.204. The van der Waals surface area contributed by atoms with Gasteiger partial charge in [0.05, 0.1) is 0 Å². The summed E-state index contributed by atoms with van der Waals surface area (Å²) in [7, 11) is 0. The molecule has 0 aliphatic heterocycles. The first-order chi connectivity index (χ1) is 1.00. The molecule has 0 aliphatic rings. The first-order valence-corrected chi connectivity index (χ1v) is 0.204. The quantitative estimate of drug-likeness (QED) is 0.312. The molecule has 0 saturated carbocycles. The molecule has 0 saturated heterocycles. The van der Waals surface area contributed by atoms with Gasteiger partial charge in [0.25, 0.3) is 0 Å². The molecular formula is CHArO2. The third kappa shape index (κ3) is 12.3. The van der Waals surface area contributed by atoms with Crippen LogP contribution in [0.15, 0.2) is 0 Å². The Morgan fingerprint density at radius 3 is 1.25 bits per heavy atom. The van der Waals surface area contributed by atoms with E-state index in [9.17, 15) is 0 Å². The molecule has 0 amide bonds. The molecule has 2 nitrogen and oxygen atoms in total. The Kier molecular flexibility index (Phi) is 191. The minimum atomic E-state index is 0. The van der Waals surface area contributed by atoms with Gasteiger partial charge in [0.15, 0.2) is 0 Å². The molecule has 25 valence electrons. The van der Waals surface area contributed by atoms with Crippen LogP contribution in [0.2, 0.25) is 0 Å². The number of hydrogen-bond donors (Lipinski definition) is 1. The maximum absolute atomic E-state index is 7.50. The second-order valence-corrected chi connectivity index (χ2v) is 0.